The van der Waals surface area contributed by atoms with Crippen LogP contribution < -0.4 is 4.74 Å². The molecule has 2 saturated heterocycles. The molecule has 0 aliphatic carbocycles. The van der Waals surface area contributed by atoms with Gasteiger partial charge in [-0.3, -0.25) is 4.90 Å². The van der Waals surface area contributed by atoms with Gasteiger partial charge in [-0.2, -0.15) is 13.2 Å². The first kappa shape index (κ1) is 25.1. The molecule has 2 aliphatic heterocycles. The highest BCUT2D eigenvalue weighted by molar-refractivity contribution is 5.69. The van der Waals surface area contributed by atoms with Gasteiger partial charge >= 0.3 is 18.2 Å². The predicted octanol–water partition coefficient (Wildman–Crippen LogP) is 4.53. The van der Waals surface area contributed by atoms with Crippen molar-refractivity contribution in [1.82, 2.24) is 9.80 Å². The SMILES string of the molecule is CC(C)(C)OC(=O)N1CCC2(CCCN2Cc2ccc(C(F)(F)F)cc2OCC(=O)O)CC1. The van der Waals surface area contributed by atoms with Crippen molar-refractivity contribution >= 4 is 12.1 Å². The molecular formula is C23H31F3N2O5. The number of likely N-dealkylation sites (tertiary alicyclic amines) is 2. The minimum atomic E-state index is -4.55. The average Bonchev–Trinajstić information content (AvgIpc) is 3.07. The summed E-state index contributed by atoms with van der Waals surface area (Å²) in [6.45, 7) is 6.95. The fourth-order valence-electron chi connectivity index (χ4n) is 4.58. The first-order valence-electron chi connectivity index (χ1n) is 11.1. The van der Waals surface area contributed by atoms with Gasteiger partial charge in [0.25, 0.3) is 0 Å². The van der Waals surface area contributed by atoms with Crippen molar-refractivity contribution in [3.8, 4) is 5.75 Å². The molecule has 0 unspecified atom stereocenters. The van der Waals surface area contributed by atoms with Gasteiger partial charge < -0.3 is 19.5 Å². The van der Waals surface area contributed by atoms with Gasteiger partial charge in [0.15, 0.2) is 6.61 Å². The molecule has 1 amide bonds. The highest BCUT2D eigenvalue weighted by atomic mass is 19.4. The topological polar surface area (TPSA) is 79.3 Å². The molecule has 2 fully saturated rings. The van der Waals surface area contributed by atoms with E-state index in [1.54, 1.807) is 4.90 Å². The Labute approximate surface area is 191 Å². The number of carboxylic acids is 1. The van der Waals surface area contributed by atoms with Gasteiger partial charge in [0.1, 0.15) is 11.4 Å². The number of hydrogen-bond donors (Lipinski definition) is 1. The Bertz CT molecular complexity index is 874. The fourth-order valence-corrected chi connectivity index (χ4v) is 4.58. The Morgan fingerprint density at radius 3 is 2.33 bits per heavy atom. The number of hydrogen-bond acceptors (Lipinski definition) is 5. The maximum Gasteiger partial charge on any atom is 0.416 e. The molecule has 1 aromatic rings. The van der Waals surface area contributed by atoms with Crippen LogP contribution in [0.4, 0.5) is 18.0 Å². The minimum absolute atomic E-state index is 0.0690. The van der Waals surface area contributed by atoms with Crippen molar-refractivity contribution in [2.75, 3.05) is 26.2 Å². The van der Waals surface area contributed by atoms with Crippen LogP contribution in [0.2, 0.25) is 0 Å². The van der Waals surface area contributed by atoms with Crippen LogP contribution in [0.25, 0.3) is 0 Å². The van der Waals surface area contributed by atoms with Crippen LogP contribution in [0.15, 0.2) is 18.2 Å². The van der Waals surface area contributed by atoms with E-state index in [0.717, 1.165) is 44.4 Å². The van der Waals surface area contributed by atoms with Crippen molar-refractivity contribution < 1.29 is 37.3 Å². The van der Waals surface area contributed by atoms with Gasteiger partial charge in [0.2, 0.25) is 0 Å². The fraction of sp³-hybridized carbons (Fsp3) is 0.652. The average molecular weight is 473 g/mol. The number of carbonyl (C=O) groups excluding carboxylic acids is 1. The molecule has 2 heterocycles. The Morgan fingerprint density at radius 2 is 1.76 bits per heavy atom. The van der Waals surface area contributed by atoms with Gasteiger partial charge in [-0.15, -0.1) is 0 Å². The summed E-state index contributed by atoms with van der Waals surface area (Å²) >= 11 is 0. The van der Waals surface area contributed by atoms with Crippen LogP contribution in [-0.4, -0.2) is 64.4 Å². The molecular weight excluding hydrogens is 441 g/mol. The summed E-state index contributed by atoms with van der Waals surface area (Å²) in [7, 11) is 0. The van der Waals surface area contributed by atoms with E-state index in [1.165, 1.54) is 6.07 Å². The quantitative estimate of drug-likeness (QED) is 0.678. The Hall–Kier alpha value is -2.49. The van der Waals surface area contributed by atoms with Gasteiger partial charge in [-0.05, 0) is 65.1 Å². The Balaban J connectivity index is 1.74. The zero-order valence-electron chi connectivity index (χ0n) is 19.2. The summed E-state index contributed by atoms with van der Waals surface area (Å²) in [5, 5.41) is 8.92. The smallest absolute Gasteiger partial charge is 0.416 e. The van der Waals surface area contributed by atoms with Gasteiger partial charge in [-0.1, -0.05) is 6.07 Å². The third-order valence-corrected chi connectivity index (χ3v) is 6.19. The number of nitrogens with zero attached hydrogens (tertiary/aromatic N) is 2. The number of amides is 1. The van der Waals surface area contributed by atoms with Crippen LogP contribution in [0.1, 0.15) is 57.6 Å². The lowest BCUT2D eigenvalue weighted by molar-refractivity contribution is -0.139. The summed E-state index contributed by atoms with van der Waals surface area (Å²) in [5.41, 5.74) is -1.10. The predicted molar refractivity (Wildman–Crippen MR) is 114 cm³/mol. The summed E-state index contributed by atoms with van der Waals surface area (Å²) in [6.07, 6.45) is -1.55. The number of ether oxygens (including phenoxy) is 2. The zero-order valence-corrected chi connectivity index (χ0v) is 19.2. The highest BCUT2D eigenvalue weighted by Gasteiger charge is 2.44. The van der Waals surface area contributed by atoms with E-state index in [0.29, 0.717) is 25.2 Å². The molecule has 0 radical (unpaired) electrons. The van der Waals surface area contributed by atoms with Crippen LogP contribution in [-0.2, 0) is 22.3 Å². The minimum Gasteiger partial charge on any atom is -0.482 e. The number of piperidine rings is 1. The number of alkyl halides is 3. The van der Waals surface area contributed by atoms with Crippen molar-refractivity contribution in [2.24, 2.45) is 0 Å². The summed E-state index contributed by atoms with van der Waals surface area (Å²) in [5.74, 6) is -1.33. The van der Waals surface area contributed by atoms with Gasteiger partial charge in [-0.25, -0.2) is 9.59 Å². The van der Waals surface area contributed by atoms with E-state index >= 15 is 0 Å². The molecule has 0 bridgehead atoms. The largest absolute Gasteiger partial charge is 0.482 e. The Morgan fingerprint density at radius 1 is 1.09 bits per heavy atom. The third kappa shape index (κ3) is 6.31. The summed E-state index contributed by atoms with van der Waals surface area (Å²) < 4.78 is 50.2. The molecule has 3 rings (SSSR count). The molecule has 0 aromatic heterocycles. The van der Waals surface area contributed by atoms with Gasteiger partial charge in [0, 0.05) is 30.7 Å². The second-order valence-corrected chi connectivity index (χ2v) is 9.72. The zero-order chi connectivity index (χ0) is 24.4. The molecule has 1 spiro atoms. The highest BCUT2D eigenvalue weighted by Crippen LogP contribution is 2.41. The molecule has 0 saturated carbocycles. The second-order valence-electron chi connectivity index (χ2n) is 9.72. The molecule has 0 atom stereocenters. The lowest BCUT2D eigenvalue weighted by atomic mass is 9.84. The first-order chi connectivity index (χ1) is 15.3. The number of carboxylic acid groups (broad SMARTS) is 1. The lowest BCUT2D eigenvalue weighted by Gasteiger charge is -2.45. The van der Waals surface area contributed by atoms with Crippen LogP contribution in [0, 0.1) is 0 Å². The van der Waals surface area contributed by atoms with Crippen LogP contribution in [0.3, 0.4) is 0 Å². The summed E-state index contributed by atoms with van der Waals surface area (Å²) in [4.78, 5) is 27.3. The van der Waals surface area contributed by atoms with Crippen molar-refractivity contribution in [2.45, 2.75) is 70.3 Å². The third-order valence-electron chi connectivity index (χ3n) is 6.19. The van der Waals surface area contributed by atoms with E-state index in [1.807, 2.05) is 20.8 Å². The second kappa shape index (κ2) is 9.40. The maximum atomic E-state index is 13.2. The van der Waals surface area contributed by atoms with E-state index < -0.39 is 29.9 Å². The van der Waals surface area contributed by atoms with E-state index in [9.17, 15) is 22.8 Å². The van der Waals surface area contributed by atoms with E-state index in [4.69, 9.17) is 14.6 Å². The molecule has 33 heavy (non-hydrogen) atoms. The normalized spacial score (nSPS) is 19.0. The number of rotatable bonds is 5. The molecule has 7 nitrogen and oxygen atoms in total. The summed E-state index contributed by atoms with van der Waals surface area (Å²) in [6, 6.07) is 3.23. The van der Waals surface area contributed by atoms with Gasteiger partial charge in [0.05, 0.1) is 5.56 Å². The number of aliphatic carboxylic acids is 1. The Kier molecular flexibility index (Phi) is 7.16. The molecule has 184 valence electrons. The van der Waals surface area contributed by atoms with Crippen LogP contribution >= 0.6 is 0 Å². The van der Waals surface area contributed by atoms with E-state index in [-0.39, 0.29) is 17.4 Å². The molecule has 2 aliphatic rings. The maximum absolute atomic E-state index is 13.2. The number of carbonyl (C=O) groups is 2. The van der Waals surface area contributed by atoms with Crippen molar-refractivity contribution in [1.29, 1.82) is 0 Å². The lowest BCUT2D eigenvalue weighted by Crippen LogP contribution is -2.53. The molecule has 1 N–H and O–H groups in total. The van der Waals surface area contributed by atoms with Crippen LogP contribution in [0.5, 0.6) is 5.75 Å². The molecule has 10 heteroatoms. The molecule has 1 aromatic carbocycles. The number of halogens is 3. The first-order valence-corrected chi connectivity index (χ1v) is 11.1. The monoisotopic (exact) mass is 472 g/mol. The number of benzene rings is 1. The van der Waals surface area contributed by atoms with Crippen molar-refractivity contribution in [3.63, 3.8) is 0 Å². The van der Waals surface area contributed by atoms with Crippen molar-refractivity contribution in [3.05, 3.63) is 29.3 Å². The standard InChI is InChI=1S/C23H31F3N2O5/c1-21(2,3)33-20(31)27-11-8-22(9-12-27)7-4-10-28(22)14-16-5-6-17(23(24,25)26)13-18(16)32-15-19(29)30/h5-6,13H,4,7-12,14-15H2,1-3H3,(H,29,30). The van der Waals surface area contributed by atoms with E-state index in [2.05, 4.69) is 4.90 Å².